The second-order valence-electron chi connectivity index (χ2n) is 4.96. The Morgan fingerprint density at radius 1 is 0.579 bits per heavy atom. The van der Waals surface area contributed by atoms with Gasteiger partial charge in [-0.1, -0.05) is 42.8 Å². The number of hydrogen-bond acceptors (Lipinski definition) is 2. The smallest absolute Gasteiger partial charge is 0.0346 e. The topological polar surface area (TPSA) is 52.0 Å². The molecule has 100 valence electrons. The zero-order chi connectivity index (χ0) is 13.5. The van der Waals surface area contributed by atoms with Crippen LogP contribution in [0.5, 0.6) is 0 Å². The molecule has 0 saturated heterocycles. The van der Waals surface area contributed by atoms with E-state index in [0.717, 1.165) is 24.2 Å². The zero-order valence-electron chi connectivity index (χ0n) is 11.3. The van der Waals surface area contributed by atoms with E-state index in [0.29, 0.717) is 0 Å². The molecule has 0 radical (unpaired) electrons. The van der Waals surface area contributed by atoms with Gasteiger partial charge < -0.3 is 11.5 Å². The van der Waals surface area contributed by atoms with Crippen LogP contribution in [0, 0.1) is 0 Å². The van der Waals surface area contributed by atoms with E-state index in [2.05, 4.69) is 24.3 Å². The van der Waals surface area contributed by atoms with E-state index in [1.165, 1.54) is 30.4 Å². The van der Waals surface area contributed by atoms with Crippen LogP contribution in [0.25, 0.3) is 0 Å². The van der Waals surface area contributed by atoms with Crippen LogP contribution in [-0.4, -0.2) is 0 Å². The average molecular weight is 254 g/mol. The summed E-state index contributed by atoms with van der Waals surface area (Å²) in [5.41, 5.74) is 16.2. The van der Waals surface area contributed by atoms with E-state index in [1.807, 2.05) is 24.3 Å². The highest BCUT2D eigenvalue weighted by molar-refractivity contribution is 5.47. The monoisotopic (exact) mass is 254 g/mol. The lowest BCUT2D eigenvalue weighted by molar-refractivity contribution is 0.680. The first kappa shape index (κ1) is 13.5. The Bertz CT molecular complexity index is 473. The summed E-state index contributed by atoms with van der Waals surface area (Å²) in [6.45, 7) is 0. The first-order chi connectivity index (χ1) is 9.27. The van der Waals surface area contributed by atoms with Crippen molar-refractivity contribution in [1.82, 2.24) is 0 Å². The van der Waals surface area contributed by atoms with Crippen LogP contribution in [0.15, 0.2) is 48.5 Å². The summed E-state index contributed by atoms with van der Waals surface area (Å²) in [5, 5.41) is 0. The van der Waals surface area contributed by atoms with Crippen LogP contribution in [0.1, 0.15) is 30.4 Å². The lowest BCUT2D eigenvalue weighted by Crippen LogP contribution is -1.96. The average Bonchev–Trinajstić information content (AvgIpc) is 2.42. The maximum Gasteiger partial charge on any atom is 0.0346 e. The minimum absolute atomic E-state index is 0.912. The Morgan fingerprint density at radius 2 is 1.00 bits per heavy atom. The van der Waals surface area contributed by atoms with Gasteiger partial charge in [-0.05, 0) is 48.9 Å². The Labute approximate surface area is 115 Å². The van der Waals surface area contributed by atoms with Crippen LogP contribution in [-0.2, 0) is 12.8 Å². The van der Waals surface area contributed by atoms with E-state index < -0.39 is 0 Å². The standard InChI is InChI=1S/C17H22N2/c18-16-12-6-4-10-14(16)8-2-1-3-9-15-11-5-7-13-17(15)19/h4-7,10-13H,1-3,8-9,18-19H2. The van der Waals surface area contributed by atoms with Crippen molar-refractivity contribution in [2.45, 2.75) is 32.1 Å². The Balaban J connectivity index is 1.71. The molecular formula is C17H22N2. The Morgan fingerprint density at radius 3 is 1.42 bits per heavy atom. The third kappa shape index (κ3) is 4.02. The van der Waals surface area contributed by atoms with Gasteiger partial charge in [0.1, 0.15) is 0 Å². The summed E-state index contributed by atoms with van der Waals surface area (Å²) in [4.78, 5) is 0. The molecule has 0 unspecified atom stereocenters. The van der Waals surface area contributed by atoms with E-state index in [1.54, 1.807) is 0 Å². The van der Waals surface area contributed by atoms with Crippen molar-refractivity contribution in [3.8, 4) is 0 Å². The molecule has 2 rings (SSSR count). The summed E-state index contributed by atoms with van der Waals surface area (Å²) in [6, 6.07) is 16.2. The quantitative estimate of drug-likeness (QED) is 0.608. The fraction of sp³-hybridized carbons (Fsp3) is 0.294. The lowest BCUT2D eigenvalue weighted by Gasteiger charge is -2.06. The molecule has 19 heavy (non-hydrogen) atoms. The van der Waals surface area contributed by atoms with Crippen molar-refractivity contribution < 1.29 is 0 Å². The SMILES string of the molecule is Nc1ccccc1CCCCCc1ccccc1N. The molecule has 0 fully saturated rings. The number of aryl methyl sites for hydroxylation is 2. The molecule has 0 aliphatic heterocycles. The van der Waals surface area contributed by atoms with Crippen molar-refractivity contribution in [1.29, 1.82) is 0 Å². The summed E-state index contributed by atoms with van der Waals surface area (Å²) >= 11 is 0. The highest BCUT2D eigenvalue weighted by atomic mass is 14.6. The van der Waals surface area contributed by atoms with Gasteiger partial charge in [0.15, 0.2) is 0 Å². The number of rotatable bonds is 6. The zero-order valence-corrected chi connectivity index (χ0v) is 11.3. The third-order valence-corrected chi connectivity index (χ3v) is 3.50. The van der Waals surface area contributed by atoms with Crippen molar-refractivity contribution in [2.75, 3.05) is 11.5 Å². The molecule has 0 heterocycles. The molecular weight excluding hydrogens is 232 g/mol. The van der Waals surface area contributed by atoms with Crippen molar-refractivity contribution in [3.05, 3.63) is 59.7 Å². The first-order valence-corrected chi connectivity index (χ1v) is 6.94. The number of unbranched alkanes of at least 4 members (excludes halogenated alkanes) is 2. The fourth-order valence-electron chi connectivity index (χ4n) is 2.33. The van der Waals surface area contributed by atoms with Gasteiger partial charge in [-0.3, -0.25) is 0 Å². The van der Waals surface area contributed by atoms with Gasteiger partial charge in [0.25, 0.3) is 0 Å². The van der Waals surface area contributed by atoms with E-state index in [4.69, 9.17) is 11.5 Å². The minimum Gasteiger partial charge on any atom is -0.399 e. The molecule has 0 spiro atoms. The van der Waals surface area contributed by atoms with Gasteiger partial charge in [-0.2, -0.15) is 0 Å². The number of para-hydroxylation sites is 2. The third-order valence-electron chi connectivity index (χ3n) is 3.50. The number of nitrogens with two attached hydrogens (primary N) is 2. The predicted molar refractivity (Wildman–Crippen MR) is 83.0 cm³/mol. The number of benzene rings is 2. The number of anilines is 2. The van der Waals surface area contributed by atoms with Crippen LogP contribution < -0.4 is 11.5 Å². The molecule has 2 aromatic carbocycles. The lowest BCUT2D eigenvalue weighted by atomic mass is 10.0. The Kier molecular flexibility index (Phi) is 4.85. The summed E-state index contributed by atoms with van der Waals surface area (Å²) < 4.78 is 0. The number of hydrogen-bond donors (Lipinski definition) is 2. The van der Waals surface area contributed by atoms with Crippen molar-refractivity contribution in [2.24, 2.45) is 0 Å². The predicted octanol–water partition coefficient (Wildman–Crippen LogP) is 3.81. The van der Waals surface area contributed by atoms with Gasteiger partial charge in [-0.15, -0.1) is 0 Å². The second-order valence-corrected chi connectivity index (χ2v) is 4.96. The van der Waals surface area contributed by atoms with Gasteiger partial charge in [0.2, 0.25) is 0 Å². The van der Waals surface area contributed by atoms with Crippen LogP contribution in [0.2, 0.25) is 0 Å². The van der Waals surface area contributed by atoms with Crippen LogP contribution in [0.4, 0.5) is 11.4 Å². The maximum atomic E-state index is 5.93. The van der Waals surface area contributed by atoms with Gasteiger partial charge in [0.05, 0.1) is 0 Å². The summed E-state index contributed by atoms with van der Waals surface area (Å²) in [7, 11) is 0. The van der Waals surface area contributed by atoms with Gasteiger partial charge in [0, 0.05) is 11.4 Å². The van der Waals surface area contributed by atoms with E-state index in [-0.39, 0.29) is 0 Å². The van der Waals surface area contributed by atoms with Gasteiger partial charge in [-0.25, -0.2) is 0 Å². The molecule has 0 aromatic heterocycles. The summed E-state index contributed by atoms with van der Waals surface area (Å²) in [6.07, 6.45) is 5.71. The van der Waals surface area contributed by atoms with Crippen LogP contribution in [0.3, 0.4) is 0 Å². The molecule has 0 aliphatic rings. The molecule has 2 heteroatoms. The first-order valence-electron chi connectivity index (χ1n) is 6.94. The molecule has 0 bridgehead atoms. The van der Waals surface area contributed by atoms with Crippen molar-refractivity contribution in [3.63, 3.8) is 0 Å². The molecule has 2 aromatic rings. The van der Waals surface area contributed by atoms with E-state index >= 15 is 0 Å². The fourth-order valence-corrected chi connectivity index (χ4v) is 2.33. The highest BCUT2D eigenvalue weighted by Crippen LogP contribution is 2.17. The highest BCUT2D eigenvalue weighted by Gasteiger charge is 2.00. The van der Waals surface area contributed by atoms with Crippen LogP contribution >= 0.6 is 0 Å². The van der Waals surface area contributed by atoms with E-state index in [9.17, 15) is 0 Å². The molecule has 0 aliphatic carbocycles. The minimum atomic E-state index is 0.912. The Hall–Kier alpha value is -1.96. The summed E-state index contributed by atoms with van der Waals surface area (Å²) in [5.74, 6) is 0. The van der Waals surface area contributed by atoms with Gasteiger partial charge >= 0.3 is 0 Å². The normalized spacial score (nSPS) is 10.5. The number of nitrogen functional groups attached to an aromatic ring is 2. The van der Waals surface area contributed by atoms with Crippen molar-refractivity contribution >= 4 is 11.4 Å². The molecule has 4 N–H and O–H groups in total. The molecule has 0 atom stereocenters. The molecule has 0 saturated carbocycles. The maximum absolute atomic E-state index is 5.93. The second kappa shape index (κ2) is 6.83. The largest absolute Gasteiger partial charge is 0.399 e. The molecule has 2 nitrogen and oxygen atoms in total. The molecule has 0 amide bonds.